The molecule has 0 spiro atoms. The Labute approximate surface area is 181 Å². The van der Waals surface area contributed by atoms with E-state index in [1.807, 2.05) is 0 Å². The van der Waals surface area contributed by atoms with Gasteiger partial charge < -0.3 is 10.2 Å². The number of carbonyl (C=O) groups is 3. The van der Waals surface area contributed by atoms with Crippen LogP contribution in [-0.2, 0) is 11.2 Å². The van der Waals surface area contributed by atoms with Crippen molar-refractivity contribution >= 4 is 23.4 Å². The van der Waals surface area contributed by atoms with Gasteiger partial charge in [0.15, 0.2) is 0 Å². The van der Waals surface area contributed by atoms with Crippen LogP contribution in [0.3, 0.4) is 0 Å². The van der Waals surface area contributed by atoms with Gasteiger partial charge in [-0.3, -0.25) is 14.5 Å². The number of Topliss-reactive ketones (excluding diaryl/α,β-unsaturated/α-hetero) is 1. The largest absolute Gasteiger partial charge is 0.352 e. The van der Waals surface area contributed by atoms with Gasteiger partial charge in [-0.1, -0.05) is 12.8 Å². The minimum absolute atomic E-state index is 0.0134. The van der Waals surface area contributed by atoms with E-state index in [4.69, 9.17) is 0 Å². The molecule has 0 radical (unpaired) electrons. The number of hydrogen-bond acceptors (Lipinski definition) is 3. The molecular formula is C23H29F2N3O3. The van der Waals surface area contributed by atoms with Crippen LogP contribution in [0.4, 0.5) is 19.3 Å². The number of piperidine rings is 1. The molecular weight excluding hydrogens is 404 g/mol. The Morgan fingerprint density at radius 2 is 1.90 bits per heavy atom. The molecule has 168 valence electrons. The molecule has 4 rings (SSSR count). The first-order valence-corrected chi connectivity index (χ1v) is 11.1. The van der Waals surface area contributed by atoms with Crippen LogP contribution in [0, 0.1) is 5.92 Å². The zero-order valence-corrected chi connectivity index (χ0v) is 17.8. The van der Waals surface area contributed by atoms with Gasteiger partial charge in [0, 0.05) is 62.6 Å². The van der Waals surface area contributed by atoms with Crippen LogP contribution in [-0.4, -0.2) is 54.2 Å². The summed E-state index contributed by atoms with van der Waals surface area (Å²) >= 11 is 0. The van der Waals surface area contributed by atoms with Crippen LogP contribution in [0.1, 0.15) is 61.4 Å². The lowest BCUT2D eigenvalue weighted by atomic mass is 10.0. The van der Waals surface area contributed by atoms with E-state index in [0.717, 1.165) is 12.3 Å². The van der Waals surface area contributed by atoms with Gasteiger partial charge in [0.2, 0.25) is 0 Å². The highest BCUT2D eigenvalue weighted by Crippen LogP contribution is 2.34. The van der Waals surface area contributed by atoms with Crippen LogP contribution < -0.4 is 10.2 Å². The van der Waals surface area contributed by atoms with Gasteiger partial charge >= 0.3 is 6.03 Å². The summed E-state index contributed by atoms with van der Waals surface area (Å²) in [6.07, 6.45) is 3.06. The van der Waals surface area contributed by atoms with Crippen LogP contribution in [0.15, 0.2) is 18.2 Å². The standard InChI is InChI=1S/C23H29F2N3O3/c1-15-12-19(29)14-18-13-17(21(30)26-9-6-16-2-3-16)4-5-20(18)28(15)22(31)27-10-7-23(24,25)8-11-27/h4-5,13,15-16H,2-3,6-12,14H2,1H3,(H,26,30)/t15-/m0/s1. The number of hydrogen-bond donors (Lipinski definition) is 1. The summed E-state index contributed by atoms with van der Waals surface area (Å²) in [5, 5.41) is 2.92. The lowest BCUT2D eigenvalue weighted by Gasteiger charge is -2.37. The van der Waals surface area contributed by atoms with Crippen molar-refractivity contribution in [2.24, 2.45) is 5.92 Å². The molecule has 3 aliphatic rings. The maximum absolute atomic E-state index is 13.5. The summed E-state index contributed by atoms with van der Waals surface area (Å²) < 4.78 is 27.1. The molecule has 0 aromatic heterocycles. The number of rotatable bonds is 4. The first-order valence-electron chi connectivity index (χ1n) is 11.1. The summed E-state index contributed by atoms with van der Waals surface area (Å²) in [5.74, 6) is -2.22. The van der Waals surface area contributed by atoms with Gasteiger partial charge in [0.05, 0.1) is 0 Å². The van der Waals surface area contributed by atoms with Crippen LogP contribution >= 0.6 is 0 Å². The summed E-state index contributed by atoms with van der Waals surface area (Å²) in [5.41, 5.74) is 1.66. The van der Waals surface area contributed by atoms with Crippen molar-refractivity contribution in [2.45, 2.75) is 63.8 Å². The Kier molecular flexibility index (Phi) is 5.99. The number of nitrogens with zero attached hydrogens (tertiary/aromatic N) is 2. The molecule has 1 aromatic rings. The molecule has 3 amide bonds. The van der Waals surface area contributed by atoms with E-state index in [-0.39, 0.29) is 62.5 Å². The minimum Gasteiger partial charge on any atom is -0.352 e. The number of alkyl halides is 2. The minimum atomic E-state index is -2.74. The molecule has 1 N–H and O–H groups in total. The maximum atomic E-state index is 13.5. The fraction of sp³-hybridized carbons (Fsp3) is 0.609. The fourth-order valence-corrected chi connectivity index (χ4v) is 4.41. The molecule has 2 fully saturated rings. The summed E-state index contributed by atoms with van der Waals surface area (Å²) in [6, 6.07) is 4.31. The van der Waals surface area contributed by atoms with Gasteiger partial charge in [-0.2, -0.15) is 0 Å². The molecule has 0 unspecified atom stereocenters. The number of nitrogens with one attached hydrogen (secondary N) is 1. The number of anilines is 1. The highest BCUT2D eigenvalue weighted by molar-refractivity contribution is 6.00. The molecule has 31 heavy (non-hydrogen) atoms. The summed E-state index contributed by atoms with van der Waals surface area (Å²) in [4.78, 5) is 41.2. The zero-order chi connectivity index (χ0) is 22.2. The molecule has 1 saturated carbocycles. The topological polar surface area (TPSA) is 69.7 Å². The lowest BCUT2D eigenvalue weighted by Crippen LogP contribution is -2.51. The Bertz CT molecular complexity index is 875. The number of likely N-dealkylation sites (tertiary alicyclic amines) is 1. The van der Waals surface area contributed by atoms with Crippen molar-refractivity contribution in [1.82, 2.24) is 10.2 Å². The number of urea groups is 1. The van der Waals surface area contributed by atoms with Gasteiger partial charge in [0.25, 0.3) is 11.8 Å². The molecule has 0 bridgehead atoms. The van der Waals surface area contributed by atoms with E-state index < -0.39 is 5.92 Å². The van der Waals surface area contributed by atoms with Gasteiger partial charge in [-0.25, -0.2) is 13.6 Å². The van der Waals surface area contributed by atoms with Crippen molar-refractivity contribution in [3.63, 3.8) is 0 Å². The monoisotopic (exact) mass is 433 g/mol. The third-order valence-corrected chi connectivity index (χ3v) is 6.46. The van der Waals surface area contributed by atoms with Gasteiger partial charge in [-0.15, -0.1) is 0 Å². The average molecular weight is 433 g/mol. The highest BCUT2D eigenvalue weighted by Gasteiger charge is 2.39. The van der Waals surface area contributed by atoms with Crippen LogP contribution in [0.25, 0.3) is 0 Å². The Morgan fingerprint density at radius 1 is 1.19 bits per heavy atom. The fourth-order valence-electron chi connectivity index (χ4n) is 4.41. The molecule has 1 aromatic carbocycles. The average Bonchev–Trinajstić information content (AvgIpc) is 3.53. The van der Waals surface area contributed by atoms with Gasteiger partial charge in [0.1, 0.15) is 5.78 Å². The SMILES string of the molecule is C[C@H]1CC(=O)Cc2cc(C(=O)NCCC3CC3)ccc2N1C(=O)N1CCC(F)(F)CC1. The number of halogens is 2. The van der Waals surface area contributed by atoms with E-state index in [9.17, 15) is 23.2 Å². The first kappa shape index (κ1) is 21.7. The zero-order valence-electron chi connectivity index (χ0n) is 17.8. The molecule has 1 atom stereocenters. The predicted molar refractivity (Wildman–Crippen MR) is 113 cm³/mol. The smallest absolute Gasteiger partial charge is 0.324 e. The van der Waals surface area contributed by atoms with E-state index in [1.165, 1.54) is 17.7 Å². The number of carbonyl (C=O) groups excluding carboxylic acids is 3. The Morgan fingerprint density at radius 3 is 2.58 bits per heavy atom. The quantitative estimate of drug-likeness (QED) is 0.786. The van der Waals surface area contributed by atoms with E-state index in [2.05, 4.69) is 5.32 Å². The highest BCUT2D eigenvalue weighted by atomic mass is 19.3. The maximum Gasteiger partial charge on any atom is 0.324 e. The van der Waals surface area contributed by atoms with Crippen molar-refractivity contribution in [3.05, 3.63) is 29.3 Å². The molecule has 8 heteroatoms. The Hall–Kier alpha value is -2.51. The van der Waals surface area contributed by atoms with Gasteiger partial charge in [-0.05, 0) is 43.0 Å². The number of ketones is 1. The lowest BCUT2D eigenvalue weighted by molar-refractivity contribution is -0.118. The second-order valence-electron chi connectivity index (χ2n) is 9.10. The predicted octanol–water partition coefficient (Wildman–Crippen LogP) is 3.78. The second kappa shape index (κ2) is 8.55. The normalized spacial score (nSPS) is 23.2. The molecule has 2 aliphatic heterocycles. The third kappa shape index (κ3) is 5.05. The molecule has 1 saturated heterocycles. The molecule has 2 heterocycles. The number of benzene rings is 1. The summed E-state index contributed by atoms with van der Waals surface area (Å²) in [6.45, 7) is 2.39. The molecule has 1 aliphatic carbocycles. The van der Waals surface area contributed by atoms with Crippen molar-refractivity contribution in [3.8, 4) is 0 Å². The summed E-state index contributed by atoms with van der Waals surface area (Å²) in [7, 11) is 0. The second-order valence-corrected chi connectivity index (χ2v) is 9.10. The van der Waals surface area contributed by atoms with E-state index in [1.54, 1.807) is 30.0 Å². The van der Waals surface area contributed by atoms with E-state index >= 15 is 0 Å². The molecule has 6 nitrogen and oxygen atoms in total. The Balaban J connectivity index is 1.54. The van der Waals surface area contributed by atoms with Crippen LogP contribution in [0.5, 0.6) is 0 Å². The first-order chi connectivity index (χ1) is 14.7. The van der Waals surface area contributed by atoms with E-state index in [0.29, 0.717) is 23.4 Å². The van der Waals surface area contributed by atoms with Crippen molar-refractivity contribution in [2.75, 3.05) is 24.5 Å². The van der Waals surface area contributed by atoms with Crippen molar-refractivity contribution < 1.29 is 23.2 Å². The number of amides is 3. The third-order valence-electron chi connectivity index (χ3n) is 6.46. The van der Waals surface area contributed by atoms with Crippen LogP contribution in [0.2, 0.25) is 0 Å². The van der Waals surface area contributed by atoms with Crippen molar-refractivity contribution in [1.29, 1.82) is 0 Å². The number of fused-ring (bicyclic) bond motifs is 1.